The summed E-state index contributed by atoms with van der Waals surface area (Å²) in [6, 6.07) is 11.1. The van der Waals surface area contributed by atoms with Crippen molar-refractivity contribution in [2.24, 2.45) is 0 Å². The summed E-state index contributed by atoms with van der Waals surface area (Å²) in [5, 5.41) is 9.72. The van der Waals surface area contributed by atoms with Gasteiger partial charge in [-0.1, -0.05) is 24.3 Å². The number of hydrogen-bond acceptors (Lipinski definition) is 2. The Balaban J connectivity index is 2.03. The van der Waals surface area contributed by atoms with E-state index in [0.717, 1.165) is 5.56 Å². The first-order valence-corrected chi connectivity index (χ1v) is 5.97. The molecule has 2 nitrogen and oxygen atoms in total. The molecule has 0 atom stereocenters. The number of ketones is 1. The molecule has 0 spiro atoms. The van der Waals surface area contributed by atoms with Crippen LogP contribution in [-0.2, 0) is 6.42 Å². The number of Topliss-reactive ketones (excluding diaryl/α,β-unsaturated/α-hetero) is 1. The highest BCUT2D eigenvalue weighted by atomic mass is 19.1. The van der Waals surface area contributed by atoms with Gasteiger partial charge in [0.2, 0.25) is 0 Å². The van der Waals surface area contributed by atoms with E-state index < -0.39 is 0 Å². The Labute approximate surface area is 109 Å². The van der Waals surface area contributed by atoms with Crippen LogP contribution in [-0.4, -0.2) is 10.9 Å². The normalized spacial score (nSPS) is 15.8. The highest BCUT2D eigenvalue weighted by Gasteiger charge is 2.27. The number of hydrogen-bond donors (Lipinski definition) is 1. The van der Waals surface area contributed by atoms with Crippen LogP contribution in [0, 0.1) is 5.82 Å². The van der Waals surface area contributed by atoms with Crippen molar-refractivity contribution in [2.75, 3.05) is 0 Å². The van der Waals surface area contributed by atoms with Crippen LogP contribution in [0.15, 0.2) is 48.0 Å². The van der Waals surface area contributed by atoms with Crippen molar-refractivity contribution < 1.29 is 14.3 Å². The zero-order valence-electron chi connectivity index (χ0n) is 10.1. The SMILES string of the molecule is O=C1/C(=C/c2cccc(F)c2)Cc2cccc(O)c21. The van der Waals surface area contributed by atoms with Gasteiger partial charge in [-0.25, -0.2) is 4.39 Å². The highest BCUT2D eigenvalue weighted by molar-refractivity contribution is 6.17. The molecule has 0 saturated heterocycles. The van der Waals surface area contributed by atoms with E-state index in [0.29, 0.717) is 23.1 Å². The molecule has 1 aliphatic carbocycles. The van der Waals surface area contributed by atoms with E-state index in [9.17, 15) is 14.3 Å². The number of allylic oxidation sites excluding steroid dienone is 1. The van der Waals surface area contributed by atoms with Crippen molar-refractivity contribution in [3.63, 3.8) is 0 Å². The summed E-state index contributed by atoms with van der Waals surface area (Å²) in [5.41, 5.74) is 2.40. The first-order chi connectivity index (χ1) is 9.15. The van der Waals surface area contributed by atoms with Gasteiger partial charge in [0.05, 0.1) is 5.56 Å². The molecule has 0 aromatic heterocycles. The molecule has 1 aliphatic rings. The third kappa shape index (κ3) is 2.03. The summed E-state index contributed by atoms with van der Waals surface area (Å²) in [6.07, 6.45) is 2.14. The number of benzene rings is 2. The predicted octanol–water partition coefficient (Wildman–Crippen LogP) is 3.35. The average molecular weight is 254 g/mol. The van der Waals surface area contributed by atoms with Crippen LogP contribution < -0.4 is 0 Å². The number of rotatable bonds is 1. The number of fused-ring (bicyclic) bond motifs is 1. The van der Waals surface area contributed by atoms with Crippen LogP contribution in [0.3, 0.4) is 0 Å². The van der Waals surface area contributed by atoms with Gasteiger partial charge < -0.3 is 5.11 Å². The van der Waals surface area contributed by atoms with E-state index >= 15 is 0 Å². The standard InChI is InChI=1S/C16H11FO2/c17-13-5-1-3-10(8-13)7-12-9-11-4-2-6-14(18)15(11)16(12)19/h1-8,18H,9H2/b12-7+. The van der Waals surface area contributed by atoms with Crippen molar-refractivity contribution in [1.82, 2.24) is 0 Å². The second-order valence-corrected chi connectivity index (χ2v) is 4.54. The Hall–Kier alpha value is -2.42. The van der Waals surface area contributed by atoms with Gasteiger partial charge in [-0.2, -0.15) is 0 Å². The van der Waals surface area contributed by atoms with Crippen molar-refractivity contribution >= 4 is 11.9 Å². The Bertz CT molecular complexity index is 702. The number of aromatic hydroxyl groups is 1. The van der Waals surface area contributed by atoms with E-state index in [1.165, 1.54) is 18.2 Å². The lowest BCUT2D eigenvalue weighted by Gasteiger charge is -1.98. The molecule has 3 rings (SSSR count). The van der Waals surface area contributed by atoms with Gasteiger partial charge in [-0.15, -0.1) is 0 Å². The largest absolute Gasteiger partial charge is 0.507 e. The van der Waals surface area contributed by atoms with Crippen LogP contribution >= 0.6 is 0 Å². The second kappa shape index (κ2) is 4.35. The maximum Gasteiger partial charge on any atom is 0.193 e. The highest BCUT2D eigenvalue weighted by Crippen LogP contribution is 2.33. The monoisotopic (exact) mass is 254 g/mol. The second-order valence-electron chi connectivity index (χ2n) is 4.54. The van der Waals surface area contributed by atoms with Gasteiger partial charge in [-0.05, 0) is 35.4 Å². The number of carbonyl (C=O) groups excluding carboxylic acids is 1. The molecular weight excluding hydrogens is 243 g/mol. The Morgan fingerprint density at radius 2 is 1.95 bits per heavy atom. The third-order valence-corrected chi connectivity index (χ3v) is 3.22. The van der Waals surface area contributed by atoms with Crippen molar-refractivity contribution in [2.45, 2.75) is 6.42 Å². The molecule has 0 amide bonds. The topological polar surface area (TPSA) is 37.3 Å². The smallest absolute Gasteiger partial charge is 0.193 e. The molecular formula is C16H11FO2. The molecule has 0 radical (unpaired) electrons. The maximum absolute atomic E-state index is 13.1. The molecule has 19 heavy (non-hydrogen) atoms. The quantitative estimate of drug-likeness (QED) is 0.792. The van der Waals surface area contributed by atoms with Gasteiger partial charge in [0.25, 0.3) is 0 Å². The van der Waals surface area contributed by atoms with Crippen molar-refractivity contribution in [3.05, 3.63) is 70.5 Å². The minimum Gasteiger partial charge on any atom is -0.507 e. The molecule has 0 aliphatic heterocycles. The minimum atomic E-state index is -0.333. The van der Waals surface area contributed by atoms with Gasteiger partial charge in [-0.3, -0.25) is 4.79 Å². The molecule has 0 fully saturated rings. The summed E-state index contributed by atoms with van der Waals surface area (Å²) < 4.78 is 13.1. The molecule has 1 N–H and O–H groups in total. The van der Waals surface area contributed by atoms with Crippen LogP contribution in [0.25, 0.3) is 6.08 Å². The molecule has 2 aromatic rings. The fraction of sp³-hybridized carbons (Fsp3) is 0.0625. The Morgan fingerprint density at radius 1 is 1.16 bits per heavy atom. The molecule has 94 valence electrons. The Kier molecular flexibility index (Phi) is 2.67. The molecule has 3 heteroatoms. The fourth-order valence-electron chi connectivity index (χ4n) is 2.36. The first-order valence-electron chi connectivity index (χ1n) is 5.97. The van der Waals surface area contributed by atoms with E-state index in [2.05, 4.69) is 0 Å². The van der Waals surface area contributed by atoms with Crippen molar-refractivity contribution in [1.29, 1.82) is 0 Å². The number of carbonyl (C=O) groups is 1. The lowest BCUT2D eigenvalue weighted by atomic mass is 10.1. The van der Waals surface area contributed by atoms with E-state index in [1.807, 2.05) is 6.07 Å². The molecule has 0 unspecified atom stereocenters. The predicted molar refractivity (Wildman–Crippen MR) is 70.5 cm³/mol. The fourth-order valence-corrected chi connectivity index (χ4v) is 2.36. The zero-order valence-corrected chi connectivity index (χ0v) is 10.1. The van der Waals surface area contributed by atoms with Gasteiger partial charge >= 0.3 is 0 Å². The lowest BCUT2D eigenvalue weighted by Crippen LogP contribution is -1.95. The lowest BCUT2D eigenvalue weighted by molar-refractivity contribution is 0.103. The van der Waals surface area contributed by atoms with E-state index in [1.54, 1.807) is 24.3 Å². The Morgan fingerprint density at radius 3 is 2.68 bits per heavy atom. The summed E-state index contributed by atoms with van der Waals surface area (Å²) in [6.45, 7) is 0. The summed E-state index contributed by atoms with van der Waals surface area (Å²) in [5.74, 6) is -0.511. The number of halogens is 1. The molecule has 2 aromatic carbocycles. The van der Waals surface area contributed by atoms with Crippen LogP contribution in [0.4, 0.5) is 4.39 Å². The molecule has 0 saturated carbocycles. The first kappa shape index (κ1) is 11.7. The summed E-state index contributed by atoms with van der Waals surface area (Å²) >= 11 is 0. The van der Waals surface area contributed by atoms with Crippen LogP contribution in [0.1, 0.15) is 21.5 Å². The van der Waals surface area contributed by atoms with Crippen molar-refractivity contribution in [3.8, 4) is 5.75 Å². The third-order valence-electron chi connectivity index (χ3n) is 3.22. The summed E-state index contributed by atoms with van der Waals surface area (Å²) in [7, 11) is 0. The number of phenolic OH excluding ortho intramolecular Hbond substituents is 1. The maximum atomic E-state index is 13.1. The minimum absolute atomic E-state index is 0.00476. The molecule has 0 heterocycles. The number of phenols is 1. The van der Waals surface area contributed by atoms with Crippen LogP contribution in [0.5, 0.6) is 5.75 Å². The van der Waals surface area contributed by atoms with E-state index in [-0.39, 0.29) is 17.3 Å². The van der Waals surface area contributed by atoms with Crippen LogP contribution in [0.2, 0.25) is 0 Å². The zero-order chi connectivity index (χ0) is 13.4. The average Bonchev–Trinajstić information content (AvgIpc) is 2.68. The van der Waals surface area contributed by atoms with E-state index in [4.69, 9.17) is 0 Å². The molecule has 0 bridgehead atoms. The van der Waals surface area contributed by atoms with Gasteiger partial charge in [0, 0.05) is 12.0 Å². The van der Waals surface area contributed by atoms with Gasteiger partial charge in [0.15, 0.2) is 5.78 Å². The summed E-state index contributed by atoms with van der Waals surface area (Å²) in [4.78, 5) is 12.2. The van der Waals surface area contributed by atoms with Gasteiger partial charge in [0.1, 0.15) is 11.6 Å².